The third-order valence-electron chi connectivity index (χ3n) is 4.82. The lowest BCUT2D eigenvalue weighted by molar-refractivity contribution is 0.215. The summed E-state index contributed by atoms with van der Waals surface area (Å²) >= 11 is 3.36. The van der Waals surface area contributed by atoms with Gasteiger partial charge in [-0.3, -0.25) is 10.2 Å². The highest BCUT2D eigenvalue weighted by molar-refractivity contribution is 9.10. The largest absolute Gasteiger partial charge is 0.418 e. The van der Waals surface area contributed by atoms with Crippen LogP contribution in [0.2, 0.25) is 0 Å². The minimum Gasteiger partial charge on any atom is -0.410 e. The second-order valence-electron chi connectivity index (χ2n) is 6.50. The monoisotopic (exact) mass is 401 g/mol. The Balaban J connectivity index is 1.39. The lowest BCUT2D eigenvalue weighted by Gasteiger charge is -2.28. The van der Waals surface area contributed by atoms with Crippen molar-refractivity contribution >= 4 is 33.4 Å². The van der Waals surface area contributed by atoms with Gasteiger partial charge < -0.3 is 9.72 Å². The Labute approximate surface area is 155 Å². The number of fused-ring (bicyclic) bond motifs is 1. The molecular formula is C19H20BrN3O2. The van der Waals surface area contributed by atoms with Gasteiger partial charge >= 0.3 is 6.09 Å². The fraction of sp³-hybridized carbons (Fsp3) is 0.316. The molecule has 1 amide bonds. The van der Waals surface area contributed by atoms with E-state index in [1.165, 1.54) is 25.0 Å². The van der Waals surface area contributed by atoms with Gasteiger partial charge in [0.25, 0.3) is 0 Å². The Hall–Kier alpha value is -2.05. The van der Waals surface area contributed by atoms with E-state index in [-0.39, 0.29) is 0 Å². The molecule has 2 aliphatic rings. The maximum absolute atomic E-state index is 12.0. The molecule has 1 aromatic heterocycles. The number of ether oxygens (including phenoxy) is 1. The molecule has 1 unspecified atom stereocenters. The Bertz CT molecular complexity index is 815. The highest BCUT2D eigenvalue weighted by atomic mass is 79.9. The molecule has 2 N–H and O–H groups in total. The van der Waals surface area contributed by atoms with Crippen LogP contribution in [0.1, 0.15) is 24.8 Å². The van der Waals surface area contributed by atoms with Gasteiger partial charge in [-0.1, -0.05) is 28.1 Å². The maximum Gasteiger partial charge on any atom is 0.418 e. The van der Waals surface area contributed by atoms with E-state index in [1.807, 2.05) is 24.4 Å². The van der Waals surface area contributed by atoms with Crippen LogP contribution in [0.5, 0.6) is 5.75 Å². The summed E-state index contributed by atoms with van der Waals surface area (Å²) < 4.78 is 6.16. The van der Waals surface area contributed by atoms with Crippen LogP contribution in [0.15, 0.2) is 47.1 Å². The number of nitrogens with zero attached hydrogens (tertiary/aromatic N) is 1. The first-order valence-electron chi connectivity index (χ1n) is 8.54. The molecule has 130 valence electrons. The van der Waals surface area contributed by atoms with Crippen LogP contribution in [0.25, 0.3) is 5.57 Å². The van der Waals surface area contributed by atoms with E-state index in [9.17, 15) is 4.79 Å². The number of halogens is 1. The first-order chi connectivity index (χ1) is 12.2. The summed E-state index contributed by atoms with van der Waals surface area (Å²) in [5.74, 6) is 1.14. The topological polar surface area (TPSA) is 57.4 Å². The van der Waals surface area contributed by atoms with Crippen molar-refractivity contribution in [2.45, 2.75) is 25.3 Å². The van der Waals surface area contributed by atoms with E-state index in [0.29, 0.717) is 17.6 Å². The normalized spacial score (nSPS) is 20.0. The predicted octanol–water partition coefficient (Wildman–Crippen LogP) is 4.64. The van der Waals surface area contributed by atoms with Gasteiger partial charge in [0.15, 0.2) is 0 Å². The zero-order valence-corrected chi connectivity index (χ0v) is 15.4. The second kappa shape index (κ2) is 7.06. The smallest absolute Gasteiger partial charge is 0.410 e. The SMILES string of the molecule is O=C(Nc1cc(C2=CCN3CCCC3C2)c[nH]1)Oc1cccc(Br)c1. The van der Waals surface area contributed by atoms with E-state index in [0.717, 1.165) is 23.0 Å². The fourth-order valence-corrected chi connectivity index (χ4v) is 3.97. The number of H-pyrrole nitrogens is 1. The lowest BCUT2D eigenvalue weighted by atomic mass is 9.96. The Morgan fingerprint density at radius 3 is 3.16 bits per heavy atom. The van der Waals surface area contributed by atoms with E-state index in [1.54, 1.807) is 12.1 Å². The van der Waals surface area contributed by atoms with Crippen molar-refractivity contribution in [3.05, 3.63) is 52.6 Å². The molecule has 2 aliphatic heterocycles. The molecule has 1 fully saturated rings. The van der Waals surface area contributed by atoms with Gasteiger partial charge in [-0.05, 0) is 61.2 Å². The predicted molar refractivity (Wildman–Crippen MR) is 102 cm³/mol. The van der Waals surface area contributed by atoms with Gasteiger partial charge in [0.2, 0.25) is 0 Å². The van der Waals surface area contributed by atoms with Crippen molar-refractivity contribution in [1.29, 1.82) is 0 Å². The highest BCUT2D eigenvalue weighted by Gasteiger charge is 2.28. The van der Waals surface area contributed by atoms with Gasteiger partial charge in [0.05, 0.1) is 0 Å². The second-order valence-corrected chi connectivity index (χ2v) is 7.41. The number of nitrogens with one attached hydrogen (secondary N) is 2. The Morgan fingerprint density at radius 2 is 2.28 bits per heavy atom. The molecule has 0 radical (unpaired) electrons. The molecular weight excluding hydrogens is 382 g/mol. The molecule has 0 saturated carbocycles. The van der Waals surface area contributed by atoms with Crippen LogP contribution in [-0.2, 0) is 0 Å². The highest BCUT2D eigenvalue weighted by Crippen LogP contribution is 2.32. The molecule has 0 bridgehead atoms. The summed E-state index contributed by atoms with van der Waals surface area (Å²) in [6, 6.07) is 9.84. The molecule has 1 atom stereocenters. The average Bonchev–Trinajstić information content (AvgIpc) is 3.23. The summed E-state index contributed by atoms with van der Waals surface area (Å²) in [7, 11) is 0. The number of anilines is 1. The quantitative estimate of drug-likeness (QED) is 0.787. The van der Waals surface area contributed by atoms with Crippen LogP contribution in [0.4, 0.5) is 10.6 Å². The molecule has 3 heterocycles. The number of rotatable bonds is 3. The number of hydrogen-bond donors (Lipinski definition) is 2. The third-order valence-corrected chi connectivity index (χ3v) is 5.32. The summed E-state index contributed by atoms with van der Waals surface area (Å²) in [5, 5.41) is 2.75. The standard InChI is InChI=1S/C19H20BrN3O2/c20-15-3-1-5-17(11-15)25-19(24)22-18-10-14(12-21-18)13-6-8-23-7-2-4-16(23)9-13/h1,3,5-6,10-12,16,21H,2,4,7-9H2,(H,22,24). The molecule has 5 nitrogen and oxygen atoms in total. The van der Waals surface area contributed by atoms with E-state index >= 15 is 0 Å². The lowest BCUT2D eigenvalue weighted by Crippen LogP contribution is -2.32. The van der Waals surface area contributed by atoms with Crippen molar-refractivity contribution in [3.63, 3.8) is 0 Å². The fourth-order valence-electron chi connectivity index (χ4n) is 3.59. The van der Waals surface area contributed by atoms with E-state index in [2.05, 4.69) is 37.2 Å². The van der Waals surface area contributed by atoms with Gasteiger partial charge in [0.1, 0.15) is 11.6 Å². The van der Waals surface area contributed by atoms with Crippen LogP contribution in [0.3, 0.4) is 0 Å². The Morgan fingerprint density at radius 1 is 1.36 bits per heavy atom. The first kappa shape index (κ1) is 16.4. The van der Waals surface area contributed by atoms with Crippen LogP contribution < -0.4 is 10.1 Å². The number of hydrogen-bond acceptors (Lipinski definition) is 3. The first-order valence-corrected chi connectivity index (χ1v) is 9.33. The minimum atomic E-state index is -0.508. The van der Waals surface area contributed by atoms with Gasteiger partial charge in [-0.15, -0.1) is 0 Å². The van der Waals surface area contributed by atoms with Crippen LogP contribution in [0, 0.1) is 0 Å². The molecule has 2 aromatic rings. The summed E-state index contributed by atoms with van der Waals surface area (Å²) in [6.45, 7) is 2.24. The average molecular weight is 402 g/mol. The summed E-state index contributed by atoms with van der Waals surface area (Å²) in [4.78, 5) is 17.7. The molecule has 25 heavy (non-hydrogen) atoms. The number of benzene rings is 1. The van der Waals surface area contributed by atoms with E-state index in [4.69, 9.17) is 4.74 Å². The summed E-state index contributed by atoms with van der Waals surface area (Å²) in [6.07, 6.45) is 7.41. The van der Waals surface area contributed by atoms with Crippen molar-refractivity contribution in [1.82, 2.24) is 9.88 Å². The van der Waals surface area contributed by atoms with Crippen molar-refractivity contribution in [3.8, 4) is 5.75 Å². The van der Waals surface area contributed by atoms with Crippen molar-refractivity contribution in [2.24, 2.45) is 0 Å². The van der Waals surface area contributed by atoms with Gasteiger partial charge in [-0.2, -0.15) is 0 Å². The summed E-state index contributed by atoms with van der Waals surface area (Å²) in [5.41, 5.74) is 2.50. The zero-order chi connectivity index (χ0) is 17.2. The number of amides is 1. The van der Waals surface area contributed by atoms with Crippen molar-refractivity contribution < 1.29 is 9.53 Å². The molecule has 0 spiro atoms. The number of aromatic nitrogens is 1. The number of carbonyl (C=O) groups is 1. The zero-order valence-electron chi connectivity index (χ0n) is 13.8. The maximum atomic E-state index is 12.0. The molecule has 1 aromatic carbocycles. The molecule has 6 heteroatoms. The number of carbonyl (C=O) groups excluding carboxylic acids is 1. The Kier molecular flexibility index (Phi) is 4.63. The molecule has 0 aliphatic carbocycles. The van der Waals surface area contributed by atoms with Gasteiger partial charge in [-0.25, -0.2) is 4.79 Å². The third kappa shape index (κ3) is 3.80. The number of aromatic amines is 1. The van der Waals surface area contributed by atoms with Gasteiger partial charge in [0, 0.05) is 23.3 Å². The molecule has 1 saturated heterocycles. The van der Waals surface area contributed by atoms with Crippen LogP contribution in [-0.4, -0.2) is 35.1 Å². The van der Waals surface area contributed by atoms with Crippen LogP contribution >= 0.6 is 15.9 Å². The minimum absolute atomic E-state index is 0.495. The van der Waals surface area contributed by atoms with E-state index < -0.39 is 6.09 Å². The molecule has 4 rings (SSSR count). The van der Waals surface area contributed by atoms with Crippen molar-refractivity contribution in [2.75, 3.05) is 18.4 Å².